The third-order valence-electron chi connectivity index (χ3n) is 4.26. The van der Waals surface area contributed by atoms with E-state index in [2.05, 4.69) is 5.32 Å². The maximum Gasteiger partial charge on any atom is 0.416 e. The van der Waals surface area contributed by atoms with E-state index in [1.165, 1.54) is 24.3 Å². The van der Waals surface area contributed by atoms with E-state index in [1.54, 1.807) is 19.9 Å². The highest BCUT2D eigenvalue weighted by Gasteiger charge is 2.32. The number of carbonyl (C=O) groups is 1. The maximum atomic E-state index is 12.9. The van der Waals surface area contributed by atoms with Crippen LogP contribution in [0.5, 0.6) is 0 Å². The maximum absolute atomic E-state index is 12.9. The molecule has 2 aromatic rings. The van der Waals surface area contributed by atoms with Gasteiger partial charge in [-0.05, 0) is 29.8 Å². The van der Waals surface area contributed by atoms with E-state index in [0.29, 0.717) is 5.56 Å². The third-order valence-corrected chi connectivity index (χ3v) is 5.83. The van der Waals surface area contributed by atoms with Crippen LogP contribution in [-0.4, -0.2) is 27.1 Å². The minimum atomic E-state index is -4.46. The SMILES string of the molecule is CC(C)(CNC(=O)c1ccc(Cl)c(S(C)(=O)=O)c1)c1cccc(C(F)(F)F)c1. The van der Waals surface area contributed by atoms with Crippen molar-refractivity contribution >= 4 is 27.3 Å². The molecule has 0 fully saturated rings. The van der Waals surface area contributed by atoms with Crippen LogP contribution in [0.1, 0.15) is 35.3 Å². The van der Waals surface area contributed by atoms with Crippen molar-refractivity contribution < 1.29 is 26.4 Å². The van der Waals surface area contributed by atoms with Crippen molar-refractivity contribution in [3.63, 3.8) is 0 Å². The fourth-order valence-electron chi connectivity index (χ4n) is 2.55. The molecule has 0 bridgehead atoms. The molecule has 2 aromatic carbocycles. The molecule has 0 radical (unpaired) electrons. The van der Waals surface area contributed by atoms with Gasteiger partial charge in [-0.15, -0.1) is 0 Å². The van der Waals surface area contributed by atoms with Crippen molar-refractivity contribution in [2.75, 3.05) is 12.8 Å². The second-order valence-corrected chi connectivity index (χ2v) is 9.45. The highest BCUT2D eigenvalue weighted by Crippen LogP contribution is 2.32. The Hall–Kier alpha value is -2.06. The van der Waals surface area contributed by atoms with Crippen LogP contribution < -0.4 is 5.32 Å². The number of hydrogen-bond acceptors (Lipinski definition) is 3. The molecule has 9 heteroatoms. The van der Waals surface area contributed by atoms with Crippen molar-refractivity contribution in [3.8, 4) is 0 Å². The number of rotatable bonds is 5. The van der Waals surface area contributed by atoms with E-state index in [4.69, 9.17) is 11.6 Å². The van der Waals surface area contributed by atoms with Gasteiger partial charge in [0, 0.05) is 23.8 Å². The molecule has 0 aliphatic heterocycles. The van der Waals surface area contributed by atoms with Crippen LogP contribution in [0.4, 0.5) is 13.2 Å². The average molecular weight is 434 g/mol. The van der Waals surface area contributed by atoms with Gasteiger partial charge in [0.25, 0.3) is 5.91 Å². The molecule has 0 atom stereocenters. The summed E-state index contributed by atoms with van der Waals surface area (Å²) in [7, 11) is -3.61. The van der Waals surface area contributed by atoms with E-state index in [1.807, 2.05) is 0 Å². The van der Waals surface area contributed by atoms with Crippen LogP contribution in [0, 0.1) is 0 Å². The van der Waals surface area contributed by atoms with Gasteiger partial charge in [0.15, 0.2) is 9.84 Å². The summed E-state index contributed by atoms with van der Waals surface area (Å²) in [5.74, 6) is -0.554. The Kier molecular flexibility index (Phi) is 6.16. The highest BCUT2D eigenvalue weighted by atomic mass is 35.5. The first-order chi connectivity index (χ1) is 12.7. The lowest BCUT2D eigenvalue weighted by molar-refractivity contribution is -0.137. The Labute approximate surface area is 166 Å². The molecule has 4 nitrogen and oxygen atoms in total. The van der Waals surface area contributed by atoms with Crippen LogP contribution >= 0.6 is 11.6 Å². The molecule has 0 saturated carbocycles. The van der Waals surface area contributed by atoms with Crippen molar-refractivity contribution in [1.82, 2.24) is 5.32 Å². The van der Waals surface area contributed by atoms with Gasteiger partial charge in [0.2, 0.25) is 0 Å². The Morgan fingerprint density at radius 3 is 2.25 bits per heavy atom. The molecule has 0 spiro atoms. The molecule has 0 saturated heterocycles. The summed E-state index contributed by atoms with van der Waals surface area (Å²) in [6.07, 6.45) is -3.48. The first-order valence-corrected chi connectivity index (χ1v) is 10.4. The Morgan fingerprint density at radius 2 is 1.68 bits per heavy atom. The Balaban J connectivity index is 2.20. The highest BCUT2D eigenvalue weighted by molar-refractivity contribution is 7.90. The first kappa shape index (κ1) is 22.2. The van der Waals surface area contributed by atoms with E-state index in [-0.39, 0.29) is 22.0 Å². The van der Waals surface area contributed by atoms with Crippen LogP contribution in [-0.2, 0) is 21.4 Å². The van der Waals surface area contributed by atoms with Gasteiger partial charge in [0.1, 0.15) is 0 Å². The molecule has 0 aliphatic rings. The zero-order valence-electron chi connectivity index (χ0n) is 15.4. The molecule has 1 N–H and O–H groups in total. The standard InChI is InChI=1S/C19H19ClF3NO3S/c1-18(2,13-5-4-6-14(10-13)19(21,22)23)11-24-17(25)12-7-8-15(20)16(9-12)28(3,26)27/h4-10H,11H2,1-3H3,(H,24,25). The molecular weight excluding hydrogens is 415 g/mol. The van der Waals surface area contributed by atoms with Crippen LogP contribution in [0.15, 0.2) is 47.4 Å². The van der Waals surface area contributed by atoms with Gasteiger partial charge in [0.05, 0.1) is 15.5 Å². The monoisotopic (exact) mass is 433 g/mol. The second-order valence-electron chi connectivity index (χ2n) is 7.06. The number of halogens is 4. The summed E-state index contributed by atoms with van der Waals surface area (Å²) < 4.78 is 62.3. The fraction of sp³-hybridized carbons (Fsp3) is 0.316. The molecular formula is C19H19ClF3NO3S. The van der Waals surface area contributed by atoms with E-state index in [0.717, 1.165) is 18.4 Å². The average Bonchev–Trinajstić information content (AvgIpc) is 2.58. The lowest BCUT2D eigenvalue weighted by Crippen LogP contribution is -2.36. The van der Waals surface area contributed by atoms with Crippen LogP contribution in [0.3, 0.4) is 0 Å². The van der Waals surface area contributed by atoms with Gasteiger partial charge in [-0.1, -0.05) is 43.6 Å². The second kappa shape index (κ2) is 7.75. The Bertz CT molecular complexity index is 1000. The largest absolute Gasteiger partial charge is 0.416 e. The summed E-state index contributed by atoms with van der Waals surface area (Å²) >= 11 is 5.86. The predicted molar refractivity (Wildman–Crippen MR) is 101 cm³/mol. The molecule has 1 amide bonds. The molecule has 2 rings (SSSR count). The van der Waals surface area contributed by atoms with E-state index >= 15 is 0 Å². The van der Waals surface area contributed by atoms with Crippen molar-refractivity contribution in [3.05, 3.63) is 64.2 Å². The summed E-state index contributed by atoms with van der Waals surface area (Å²) in [6, 6.07) is 8.78. The minimum absolute atomic E-state index is 0.00310. The number of amides is 1. The van der Waals surface area contributed by atoms with Crippen molar-refractivity contribution in [1.29, 1.82) is 0 Å². The summed E-state index contributed by atoms with van der Waals surface area (Å²) in [5.41, 5.74) is -1.05. The van der Waals surface area contributed by atoms with E-state index in [9.17, 15) is 26.4 Å². The summed E-state index contributed by atoms with van der Waals surface area (Å²) in [4.78, 5) is 12.2. The molecule has 28 heavy (non-hydrogen) atoms. The zero-order valence-corrected chi connectivity index (χ0v) is 17.0. The topological polar surface area (TPSA) is 63.2 Å². The van der Waals surface area contributed by atoms with Crippen molar-refractivity contribution in [2.45, 2.75) is 30.3 Å². The number of hydrogen-bond donors (Lipinski definition) is 1. The smallest absolute Gasteiger partial charge is 0.351 e. The zero-order chi connectivity index (χ0) is 21.3. The molecule has 0 unspecified atom stereocenters. The number of carbonyl (C=O) groups excluding carboxylic acids is 1. The summed E-state index contributed by atoms with van der Waals surface area (Å²) in [6.45, 7) is 3.45. The third kappa shape index (κ3) is 5.26. The number of sulfone groups is 1. The molecule has 152 valence electrons. The molecule has 0 aliphatic carbocycles. The Morgan fingerprint density at radius 1 is 1.07 bits per heavy atom. The number of alkyl halides is 3. The number of nitrogens with one attached hydrogen (secondary N) is 1. The first-order valence-electron chi connectivity index (χ1n) is 8.17. The van der Waals surface area contributed by atoms with Gasteiger partial charge >= 0.3 is 6.18 Å². The number of benzene rings is 2. The predicted octanol–water partition coefficient (Wildman–Crippen LogP) is 4.47. The van der Waals surface area contributed by atoms with Gasteiger partial charge in [-0.2, -0.15) is 13.2 Å². The molecule has 0 aromatic heterocycles. The van der Waals surface area contributed by atoms with Gasteiger partial charge in [-0.3, -0.25) is 4.79 Å². The van der Waals surface area contributed by atoms with Crippen LogP contribution in [0.2, 0.25) is 5.02 Å². The lowest BCUT2D eigenvalue weighted by Gasteiger charge is -2.26. The van der Waals surface area contributed by atoms with Crippen LogP contribution in [0.25, 0.3) is 0 Å². The van der Waals surface area contributed by atoms with Crippen molar-refractivity contribution in [2.24, 2.45) is 0 Å². The minimum Gasteiger partial charge on any atom is -0.351 e. The summed E-state index contributed by atoms with van der Waals surface area (Å²) in [5, 5.41) is 2.64. The quantitative estimate of drug-likeness (QED) is 0.756. The van der Waals surface area contributed by atoms with E-state index < -0.39 is 32.9 Å². The molecule has 0 heterocycles. The van der Waals surface area contributed by atoms with Gasteiger partial charge < -0.3 is 5.32 Å². The lowest BCUT2D eigenvalue weighted by atomic mass is 9.83. The normalized spacial score (nSPS) is 12.7. The van der Waals surface area contributed by atoms with Gasteiger partial charge in [-0.25, -0.2) is 8.42 Å². The fourth-order valence-corrected chi connectivity index (χ4v) is 3.85.